The number of aromatic amines is 1. The molecule has 0 amide bonds. The first-order valence-corrected chi connectivity index (χ1v) is 5.15. The summed E-state index contributed by atoms with van der Waals surface area (Å²) in [5, 5.41) is 10.2. The van der Waals surface area contributed by atoms with Gasteiger partial charge in [-0.1, -0.05) is 0 Å². The highest BCUT2D eigenvalue weighted by Gasteiger charge is 2.24. The van der Waals surface area contributed by atoms with Crippen LogP contribution in [-0.2, 0) is 4.74 Å². The Morgan fingerprint density at radius 3 is 2.71 bits per heavy atom. The number of H-pyrrole nitrogens is 1. The molecule has 0 bridgehead atoms. The maximum absolute atomic E-state index is 5.67. The summed E-state index contributed by atoms with van der Waals surface area (Å²) >= 11 is 0. The van der Waals surface area contributed by atoms with Crippen LogP contribution in [0, 0.1) is 0 Å². The Hall–Kier alpha value is -1.03. The third-order valence-corrected chi connectivity index (χ3v) is 2.57. The highest BCUT2D eigenvalue weighted by molar-refractivity contribution is 5.38. The minimum atomic E-state index is 0.350. The van der Waals surface area contributed by atoms with E-state index in [1.165, 1.54) is 0 Å². The van der Waals surface area contributed by atoms with Crippen molar-refractivity contribution in [1.29, 1.82) is 0 Å². The van der Waals surface area contributed by atoms with E-state index in [1.807, 2.05) is 12.4 Å². The molecule has 2 rings (SSSR count). The smallest absolute Gasteiger partial charge is 0.0725 e. The first kappa shape index (κ1) is 9.52. The van der Waals surface area contributed by atoms with Crippen LogP contribution in [-0.4, -0.2) is 28.4 Å². The Labute approximate surface area is 84.0 Å². The van der Waals surface area contributed by atoms with Gasteiger partial charge in [0.1, 0.15) is 0 Å². The lowest BCUT2D eigenvalue weighted by molar-refractivity contribution is -0.0337. The number of nitrogens with one attached hydrogen (secondary N) is 2. The third-order valence-electron chi connectivity index (χ3n) is 2.57. The molecule has 2 N–H and O–H groups in total. The summed E-state index contributed by atoms with van der Waals surface area (Å²) in [6, 6.07) is 0.506. The molecular weight excluding hydrogens is 178 g/mol. The molecular formula is C10H17N3O. The fourth-order valence-corrected chi connectivity index (χ4v) is 2.09. The molecule has 0 aliphatic carbocycles. The third kappa shape index (κ3) is 2.26. The van der Waals surface area contributed by atoms with E-state index in [0.29, 0.717) is 18.2 Å². The zero-order chi connectivity index (χ0) is 9.97. The molecule has 14 heavy (non-hydrogen) atoms. The average molecular weight is 195 g/mol. The van der Waals surface area contributed by atoms with Gasteiger partial charge >= 0.3 is 0 Å². The lowest BCUT2D eigenvalue weighted by atomic mass is 10.00. The molecule has 4 nitrogen and oxygen atoms in total. The van der Waals surface area contributed by atoms with Crippen molar-refractivity contribution in [2.45, 2.75) is 44.9 Å². The zero-order valence-electron chi connectivity index (χ0n) is 8.66. The molecule has 1 aromatic rings. The van der Waals surface area contributed by atoms with Gasteiger partial charge in [0.2, 0.25) is 0 Å². The van der Waals surface area contributed by atoms with E-state index < -0.39 is 0 Å². The van der Waals surface area contributed by atoms with Gasteiger partial charge in [-0.15, -0.1) is 0 Å². The number of hydrogen-bond acceptors (Lipinski definition) is 3. The normalized spacial score (nSPS) is 32.9. The first-order chi connectivity index (χ1) is 6.74. The van der Waals surface area contributed by atoms with Crippen molar-refractivity contribution in [3.05, 3.63) is 12.4 Å². The Morgan fingerprint density at radius 1 is 1.43 bits per heavy atom. The largest absolute Gasteiger partial charge is 0.380 e. The van der Waals surface area contributed by atoms with Gasteiger partial charge in [0.25, 0.3) is 0 Å². The van der Waals surface area contributed by atoms with Crippen LogP contribution in [0.2, 0.25) is 0 Å². The lowest BCUT2D eigenvalue weighted by Crippen LogP contribution is -2.36. The number of hydrogen-bond donors (Lipinski definition) is 2. The predicted octanol–water partition coefficient (Wildman–Crippen LogP) is 1.78. The molecule has 4 heteroatoms. The molecule has 2 atom stereocenters. The van der Waals surface area contributed by atoms with E-state index in [9.17, 15) is 0 Å². The average Bonchev–Trinajstić information content (AvgIpc) is 2.54. The Bertz CT molecular complexity index is 263. The van der Waals surface area contributed by atoms with E-state index in [1.54, 1.807) is 0 Å². The number of aromatic nitrogens is 2. The van der Waals surface area contributed by atoms with Crippen LogP contribution >= 0.6 is 0 Å². The summed E-state index contributed by atoms with van der Waals surface area (Å²) in [6.45, 7) is 4.25. The highest BCUT2D eigenvalue weighted by atomic mass is 16.5. The van der Waals surface area contributed by atoms with Crippen molar-refractivity contribution in [1.82, 2.24) is 10.2 Å². The topological polar surface area (TPSA) is 49.9 Å². The minimum absolute atomic E-state index is 0.350. The van der Waals surface area contributed by atoms with Crippen molar-refractivity contribution in [3.8, 4) is 0 Å². The number of anilines is 1. The second kappa shape index (κ2) is 4.00. The molecule has 0 aromatic carbocycles. The van der Waals surface area contributed by atoms with Gasteiger partial charge in [0.15, 0.2) is 0 Å². The van der Waals surface area contributed by atoms with Crippen LogP contribution in [0.4, 0.5) is 5.69 Å². The maximum Gasteiger partial charge on any atom is 0.0725 e. The van der Waals surface area contributed by atoms with Crippen LogP contribution in [0.15, 0.2) is 12.4 Å². The Balaban J connectivity index is 1.91. The quantitative estimate of drug-likeness (QED) is 0.756. The summed E-state index contributed by atoms with van der Waals surface area (Å²) in [6.07, 6.45) is 6.52. The minimum Gasteiger partial charge on any atom is -0.380 e. The SMILES string of the molecule is CC1CC(Nc2cn[nH]c2)CC(C)O1. The second-order valence-electron chi connectivity index (χ2n) is 4.06. The molecule has 0 saturated carbocycles. The molecule has 0 radical (unpaired) electrons. The van der Waals surface area contributed by atoms with Crippen LogP contribution in [0.5, 0.6) is 0 Å². The van der Waals surface area contributed by atoms with Crippen LogP contribution in [0.1, 0.15) is 26.7 Å². The van der Waals surface area contributed by atoms with Crippen LogP contribution < -0.4 is 5.32 Å². The van der Waals surface area contributed by atoms with Gasteiger partial charge in [0, 0.05) is 12.2 Å². The standard InChI is InChI=1S/C10H17N3O/c1-7-3-9(4-8(2)14-7)13-10-5-11-12-6-10/h5-9,13H,3-4H2,1-2H3,(H,11,12). The molecule has 1 saturated heterocycles. The van der Waals surface area contributed by atoms with Gasteiger partial charge in [-0.3, -0.25) is 5.10 Å². The molecule has 1 fully saturated rings. The molecule has 1 aliphatic heterocycles. The van der Waals surface area contributed by atoms with Crippen molar-refractivity contribution in [2.75, 3.05) is 5.32 Å². The summed E-state index contributed by atoms with van der Waals surface area (Å²) in [5.41, 5.74) is 1.07. The maximum atomic E-state index is 5.67. The van der Waals surface area contributed by atoms with Gasteiger partial charge in [-0.05, 0) is 26.7 Å². The van der Waals surface area contributed by atoms with E-state index in [0.717, 1.165) is 18.5 Å². The number of ether oxygens (including phenoxy) is 1. The molecule has 1 aromatic heterocycles. The second-order valence-corrected chi connectivity index (χ2v) is 4.06. The van der Waals surface area contributed by atoms with E-state index in [2.05, 4.69) is 29.4 Å². The summed E-state index contributed by atoms with van der Waals surface area (Å²) in [5.74, 6) is 0. The van der Waals surface area contributed by atoms with Gasteiger partial charge < -0.3 is 10.1 Å². The Morgan fingerprint density at radius 2 is 2.14 bits per heavy atom. The predicted molar refractivity (Wildman–Crippen MR) is 55.2 cm³/mol. The molecule has 2 unspecified atom stereocenters. The highest BCUT2D eigenvalue weighted by Crippen LogP contribution is 2.21. The molecule has 1 aliphatic rings. The summed E-state index contributed by atoms with van der Waals surface area (Å²) in [4.78, 5) is 0. The van der Waals surface area contributed by atoms with Gasteiger partial charge in [-0.25, -0.2) is 0 Å². The van der Waals surface area contributed by atoms with Crippen LogP contribution in [0.25, 0.3) is 0 Å². The number of rotatable bonds is 2. The summed E-state index contributed by atoms with van der Waals surface area (Å²) < 4.78 is 5.67. The molecule has 2 heterocycles. The van der Waals surface area contributed by atoms with E-state index in [4.69, 9.17) is 4.74 Å². The molecule has 0 spiro atoms. The van der Waals surface area contributed by atoms with Crippen molar-refractivity contribution < 1.29 is 4.74 Å². The summed E-state index contributed by atoms with van der Waals surface area (Å²) in [7, 11) is 0. The van der Waals surface area contributed by atoms with Gasteiger partial charge in [-0.2, -0.15) is 5.10 Å². The van der Waals surface area contributed by atoms with Crippen molar-refractivity contribution in [2.24, 2.45) is 0 Å². The fraction of sp³-hybridized carbons (Fsp3) is 0.700. The van der Waals surface area contributed by atoms with Gasteiger partial charge in [0.05, 0.1) is 24.1 Å². The molecule has 78 valence electrons. The Kier molecular flexibility index (Phi) is 2.72. The van der Waals surface area contributed by atoms with Crippen molar-refractivity contribution in [3.63, 3.8) is 0 Å². The zero-order valence-corrected chi connectivity index (χ0v) is 8.66. The first-order valence-electron chi connectivity index (χ1n) is 5.15. The van der Waals surface area contributed by atoms with Crippen molar-refractivity contribution >= 4 is 5.69 Å². The lowest BCUT2D eigenvalue weighted by Gasteiger charge is -2.32. The van der Waals surface area contributed by atoms with E-state index in [-0.39, 0.29) is 0 Å². The fourth-order valence-electron chi connectivity index (χ4n) is 2.09. The monoisotopic (exact) mass is 195 g/mol. The number of nitrogens with zero attached hydrogens (tertiary/aromatic N) is 1. The van der Waals surface area contributed by atoms with E-state index >= 15 is 0 Å². The van der Waals surface area contributed by atoms with Crippen LogP contribution in [0.3, 0.4) is 0 Å².